The fourth-order valence-corrected chi connectivity index (χ4v) is 0.529. The Bertz CT molecular complexity index is 170. The van der Waals surface area contributed by atoms with Crippen LogP contribution >= 0.6 is 0 Å². The van der Waals surface area contributed by atoms with Crippen LogP contribution in [0.15, 0.2) is 0 Å². The van der Waals surface area contributed by atoms with Gasteiger partial charge >= 0.3 is 12.1 Å². The third kappa shape index (κ3) is 4.14. The van der Waals surface area contributed by atoms with Crippen LogP contribution in [-0.4, -0.2) is 34.5 Å². The molecule has 0 aromatic rings. The summed E-state index contributed by atoms with van der Waals surface area (Å²) in [4.78, 5) is 9.97. The van der Waals surface area contributed by atoms with Crippen molar-refractivity contribution in [2.75, 3.05) is 0 Å². The van der Waals surface area contributed by atoms with Gasteiger partial charge in [0.25, 0.3) is 0 Å². The Kier molecular flexibility index (Phi) is 3.47. The van der Waals surface area contributed by atoms with Gasteiger partial charge in [0.1, 0.15) is 6.04 Å². The van der Waals surface area contributed by atoms with Crippen LogP contribution in [0.4, 0.5) is 13.2 Å². The fourth-order valence-electron chi connectivity index (χ4n) is 0.529. The van der Waals surface area contributed by atoms with Crippen molar-refractivity contribution >= 4 is 5.97 Å². The Morgan fingerprint density at radius 1 is 1.50 bits per heavy atom. The quantitative estimate of drug-likeness (QED) is 0.567. The Morgan fingerprint density at radius 2 is 1.92 bits per heavy atom. The topological polar surface area (TPSA) is 83.6 Å². The number of aliphatic hydroxyl groups excluding tert-OH is 1. The van der Waals surface area contributed by atoms with Gasteiger partial charge in [0.05, 0.1) is 12.5 Å². The lowest BCUT2D eigenvalue weighted by molar-refractivity contribution is -0.161. The minimum absolute atomic E-state index is 1.61. The van der Waals surface area contributed by atoms with Crippen molar-refractivity contribution in [2.24, 2.45) is 5.73 Å². The molecule has 0 radical (unpaired) electrons. The molecule has 0 saturated heterocycles. The lowest BCUT2D eigenvalue weighted by Crippen LogP contribution is -2.43. The molecule has 0 rings (SSSR count). The van der Waals surface area contributed by atoms with Gasteiger partial charge in [-0.3, -0.25) is 4.79 Å². The molecule has 0 aliphatic rings. The van der Waals surface area contributed by atoms with E-state index >= 15 is 0 Å². The highest BCUT2D eigenvalue weighted by Gasteiger charge is 2.35. The van der Waals surface area contributed by atoms with Gasteiger partial charge < -0.3 is 15.9 Å². The van der Waals surface area contributed by atoms with Crippen LogP contribution in [0.25, 0.3) is 0 Å². The van der Waals surface area contributed by atoms with E-state index in [0.29, 0.717) is 0 Å². The van der Waals surface area contributed by atoms with E-state index < -0.39 is 30.7 Å². The summed E-state index contributed by atoms with van der Waals surface area (Å²) < 4.78 is 34.6. The number of hydrogen-bond acceptors (Lipinski definition) is 3. The molecule has 0 amide bonds. The maximum Gasteiger partial charge on any atom is 0.391 e. The smallest absolute Gasteiger partial charge is 0.391 e. The molecule has 2 atom stereocenters. The second kappa shape index (κ2) is 3.72. The van der Waals surface area contributed by atoms with E-state index in [1.165, 1.54) is 0 Å². The molecule has 72 valence electrons. The largest absolute Gasteiger partial charge is 0.480 e. The van der Waals surface area contributed by atoms with Crippen molar-refractivity contribution in [3.05, 3.63) is 0 Å². The number of aliphatic hydroxyl groups is 1. The number of carbonyl (C=O) groups is 1. The van der Waals surface area contributed by atoms with Crippen molar-refractivity contribution in [1.82, 2.24) is 0 Å². The number of alkyl halides is 3. The highest BCUT2D eigenvalue weighted by atomic mass is 19.4. The molecule has 0 aromatic heterocycles. The van der Waals surface area contributed by atoms with Crippen LogP contribution in [-0.2, 0) is 4.79 Å². The highest BCUT2D eigenvalue weighted by molar-refractivity contribution is 5.73. The summed E-state index contributed by atoms with van der Waals surface area (Å²) in [6, 6.07) is -1.90. The zero-order valence-electron chi connectivity index (χ0n) is 5.88. The van der Waals surface area contributed by atoms with Gasteiger partial charge in [-0.15, -0.1) is 0 Å². The number of carboxylic acids is 1. The van der Waals surface area contributed by atoms with E-state index in [9.17, 15) is 18.0 Å². The number of hydrogen-bond donors (Lipinski definition) is 3. The van der Waals surface area contributed by atoms with Crippen molar-refractivity contribution in [1.29, 1.82) is 0 Å². The van der Waals surface area contributed by atoms with Crippen LogP contribution in [0.1, 0.15) is 6.42 Å². The Balaban J connectivity index is 4.04. The summed E-state index contributed by atoms with van der Waals surface area (Å²) in [5, 5.41) is 16.7. The number of carboxylic acid groups (broad SMARTS) is 1. The van der Waals surface area contributed by atoms with Crippen molar-refractivity contribution < 1.29 is 28.2 Å². The normalized spacial score (nSPS) is 17.1. The van der Waals surface area contributed by atoms with E-state index in [4.69, 9.17) is 15.9 Å². The average molecular weight is 187 g/mol. The lowest BCUT2D eigenvalue weighted by atomic mass is 10.1. The average Bonchev–Trinajstić information content (AvgIpc) is 1.82. The van der Waals surface area contributed by atoms with Crippen LogP contribution < -0.4 is 5.73 Å². The Morgan fingerprint density at radius 3 is 2.17 bits per heavy atom. The van der Waals surface area contributed by atoms with Gasteiger partial charge in [-0.25, -0.2) is 0 Å². The van der Waals surface area contributed by atoms with Gasteiger partial charge in [0.15, 0.2) is 0 Å². The molecule has 4 nitrogen and oxygen atoms in total. The molecule has 0 spiro atoms. The van der Waals surface area contributed by atoms with Crippen LogP contribution in [0.5, 0.6) is 0 Å². The first kappa shape index (κ1) is 11.2. The minimum atomic E-state index is -4.60. The standard InChI is InChI=1S/C5H8F3NO3/c6-5(7,8)1-2(10)3(9)4(11)12/h2-3,10H,1,9H2,(H,11,12). The van der Waals surface area contributed by atoms with Crippen molar-refractivity contribution in [2.45, 2.75) is 24.7 Å². The third-order valence-electron chi connectivity index (χ3n) is 1.14. The molecule has 0 aromatic carbocycles. The van der Waals surface area contributed by atoms with E-state index in [1.807, 2.05) is 0 Å². The molecule has 0 aliphatic carbocycles. The molecule has 2 unspecified atom stereocenters. The van der Waals surface area contributed by atoms with Gasteiger partial charge in [-0.2, -0.15) is 13.2 Å². The molecule has 0 heterocycles. The SMILES string of the molecule is NC(C(=O)O)C(O)CC(F)(F)F. The van der Waals surface area contributed by atoms with Crippen molar-refractivity contribution in [3.8, 4) is 0 Å². The van der Waals surface area contributed by atoms with Gasteiger partial charge in [0.2, 0.25) is 0 Å². The van der Waals surface area contributed by atoms with E-state index in [2.05, 4.69) is 0 Å². The number of nitrogens with two attached hydrogens (primary N) is 1. The van der Waals surface area contributed by atoms with Gasteiger partial charge in [0, 0.05) is 0 Å². The minimum Gasteiger partial charge on any atom is -0.480 e. The molecule has 0 bridgehead atoms. The van der Waals surface area contributed by atoms with Crippen LogP contribution in [0.2, 0.25) is 0 Å². The molecule has 0 saturated carbocycles. The first-order valence-electron chi connectivity index (χ1n) is 2.97. The molecule has 7 heteroatoms. The predicted octanol–water partition coefficient (Wildman–Crippen LogP) is -0.288. The van der Waals surface area contributed by atoms with E-state index in [0.717, 1.165) is 0 Å². The van der Waals surface area contributed by atoms with Crippen LogP contribution in [0, 0.1) is 0 Å². The number of halogens is 3. The Labute approximate surface area is 65.8 Å². The molecule has 0 fully saturated rings. The maximum atomic E-state index is 11.5. The second-order valence-corrected chi connectivity index (χ2v) is 2.25. The lowest BCUT2D eigenvalue weighted by Gasteiger charge is -2.16. The zero-order valence-corrected chi connectivity index (χ0v) is 5.88. The van der Waals surface area contributed by atoms with Gasteiger partial charge in [-0.05, 0) is 0 Å². The first-order valence-corrected chi connectivity index (χ1v) is 2.97. The summed E-state index contributed by atoms with van der Waals surface area (Å²) in [7, 11) is 0. The molecule has 4 N–H and O–H groups in total. The first-order chi connectivity index (χ1) is 5.24. The van der Waals surface area contributed by atoms with Gasteiger partial charge in [-0.1, -0.05) is 0 Å². The summed E-state index contributed by atoms with van der Waals surface area (Å²) in [5.41, 5.74) is 4.72. The van der Waals surface area contributed by atoms with Crippen LogP contribution in [0.3, 0.4) is 0 Å². The maximum absolute atomic E-state index is 11.5. The van der Waals surface area contributed by atoms with Crippen molar-refractivity contribution in [3.63, 3.8) is 0 Å². The highest BCUT2D eigenvalue weighted by Crippen LogP contribution is 2.22. The molecular formula is C5H8F3NO3. The fraction of sp³-hybridized carbons (Fsp3) is 0.800. The molecule has 0 aliphatic heterocycles. The number of rotatable bonds is 3. The molecular weight excluding hydrogens is 179 g/mol. The van der Waals surface area contributed by atoms with E-state index in [-0.39, 0.29) is 0 Å². The third-order valence-corrected chi connectivity index (χ3v) is 1.14. The summed E-state index contributed by atoms with van der Waals surface area (Å²) in [6.07, 6.45) is -8.31. The predicted molar refractivity (Wildman–Crippen MR) is 32.3 cm³/mol. The molecule has 12 heavy (non-hydrogen) atoms. The summed E-state index contributed by atoms with van der Waals surface area (Å²) in [5.74, 6) is -1.66. The Hall–Kier alpha value is -0.820. The van der Waals surface area contributed by atoms with E-state index in [1.54, 1.807) is 0 Å². The number of aliphatic carboxylic acids is 1. The monoisotopic (exact) mass is 187 g/mol. The second-order valence-electron chi connectivity index (χ2n) is 2.25. The summed E-state index contributed by atoms with van der Waals surface area (Å²) in [6.45, 7) is 0. The summed E-state index contributed by atoms with van der Waals surface area (Å²) >= 11 is 0. The zero-order chi connectivity index (χ0) is 9.94.